The molecule has 0 unspecified atom stereocenters. The minimum Gasteiger partial charge on any atom is -0.481 e. The number of anilines is 2. The van der Waals surface area contributed by atoms with E-state index in [0.29, 0.717) is 6.07 Å². The Balaban J connectivity index is 1.80. The van der Waals surface area contributed by atoms with E-state index in [1.54, 1.807) is 0 Å². The Morgan fingerprint density at radius 3 is 2.20 bits per heavy atom. The highest BCUT2D eigenvalue weighted by atomic mass is 32.2. The second-order valence-electron chi connectivity index (χ2n) is 5.76. The average Bonchev–Trinajstić information content (AvgIpc) is 2.67. The van der Waals surface area contributed by atoms with E-state index in [1.165, 1.54) is 25.3 Å². The number of sulfonamides is 2. The number of benzene rings is 2. The third-order valence-corrected chi connectivity index (χ3v) is 6.48. The zero-order chi connectivity index (χ0) is 21.9. The maximum Gasteiger partial charge on any atom is 0.264 e. The van der Waals surface area contributed by atoms with Crippen LogP contribution in [0.2, 0.25) is 0 Å². The monoisotopic (exact) mass is 456 g/mol. The highest BCUT2D eigenvalue weighted by Crippen LogP contribution is 2.22. The van der Waals surface area contributed by atoms with E-state index in [4.69, 9.17) is 4.74 Å². The molecule has 0 radical (unpaired) electrons. The van der Waals surface area contributed by atoms with E-state index in [-0.39, 0.29) is 22.3 Å². The molecule has 0 fully saturated rings. The number of nitrogens with one attached hydrogen (secondary N) is 2. The van der Waals surface area contributed by atoms with Crippen molar-refractivity contribution in [2.45, 2.75) is 9.79 Å². The van der Waals surface area contributed by atoms with Gasteiger partial charge in [0.15, 0.2) is 0 Å². The summed E-state index contributed by atoms with van der Waals surface area (Å²) in [5.41, 5.74) is -0.0265. The molecule has 0 saturated carbocycles. The van der Waals surface area contributed by atoms with E-state index in [9.17, 15) is 25.6 Å². The summed E-state index contributed by atoms with van der Waals surface area (Å²) >= 11 is 0. The van der Waals surface area contributed by atoms with Crippen LogP contribution in [0.15, 0.2) is 64.6 Å². The lowest BCUT2D eigenvalue weighted by Crippen LogP contribution is -2.16. The molecule has 0 spiro atoms. The number of halogens is 2. The van der Waals surface area contributed by atoms with Crippen molar-refractivity contribution in [3.63, 3.8) is 0 Å². The van der Waals surface area contributed by atoms with Gasteiger partial charge in [0.25, 0.3) is 20.0 Å². The molecule has 0 atom stereocenters. The van der Waals surface area contributed by atoms with Crippen molar-refractivity contribution in [1.82, 2.24) is 9.97 Å². The van der Waals surface area contributed by atoms with Crippen molar-refractivity contribution in [3.8, 4) is 5.88 Å². The zero-order valence-electron chi connectivity index (χ0n) is 15.2. The lowest BCUT2D eigenvalue weighted by atomic mass is 10.3. The van der Waals surface area contributed by atoms with Crippen LogP contribution in [0.25, 0.3) is 0 Å². The van der Waals surface area contributed by atoms with Gasteiger partial charge in [-0.25, -0.2) is 35.6 Å². The molecule has 13 heteroatoms. The number of nitrogens with zero attached hydrogens (tertiary/aromatic N) is 2. The number of rotatable bonds is 7. The molecule has 3 rings (SSSR count). The highest BCUT2D eigenvalue weighted by molar-refractivity contribution is 7.93. The van der Waals surface area contributed by atoms with Crippen molar-refractivity contribution in [2.24, 2.45) is 0 Å². The Morgan fingerprint density at radius 2 is 1.57 bits per heavy atom. The molecule has 1 aromatic heterocycles. The van der Waals surface area contributed by atoms with Gasteiger partial charge in [0.05, 0.1) is 12.0 Å². The summed E-state index contributed by atoms with van der Waals surface area (Å²) in [5.74, 6) is -2.06. The Hall–Kier alpha value is -3.32. The molecule has 9 nitrogen and oxygen atoms in total. The smallest absolute Gasteiger partial charge is 0.264 e. The molecule has 3 aromatic rings. The fourth-order valence-electron chi connectivity index (χ4n) is 2.31. The van der Waals surface area contributed by atoms with Gasteiger partial charge in [0.1, 0.15) is 28.7 Å². The summed E-state index contributed by atoms with van der Waals surface area (Å²) in [5, 5.41) is 0. The largest absolute Gasteiger partial charge is 0.481 e. The number of ether oxygens (including phenoxy) is 1. The molecule has 30 heavy (non-hydrogen) atoms. The number of hydrogen-bond donors (Lipinski definition) is 2. The molecular weight excluding hydrogens is 442 g/mol. The van der Waals surface area contributed by atoms with Gasteiger partial charge in [-0.15, -0.1) is 0 Å². The molecular formula is C17H14F2N4O5S2. The first-order valence-corrected chi connectivity index (χ1v) is 11.0. The lowest BCUT2D eigenvalue weighted by Gasteiger charge is -2.11. The summed E-state index contributed by atoms with van der Waals surface area (Å²) in [4.78, 5) is 6.60. The van der Waals surface area contributed by atoms with Gasteiger partial charge in [0.2, 0.25) is 5.88 Å². The van der Waals surface area contributed by atoms with E-state index < -0.39 is 36.6 Å². The summed E-state index contributed by atoms with van der Waals surface area (Å²) in [6.45, 7) is 0. The SMILES string of the molecule is COc1cc(NS(=O)(=O)c2ccc(NS(=O)(=O)c3ccc(F)cc3F)cc2)ncn1. The fraction of sp³-hybridized carbons (Fsp3) is 0.0588. The maximum atomic E-state index is 13.8. The van der Waals surface area contributed by atoms with Crippen molar-refractivity contribution >= 4 is 31.6 Å². The van der Waals surface area contributed by atoms with Crippen molar-refractivity contribution in [3.05, 3.63) is 66.5 Å². The summed E-state index contributed by atoms with van der Waals surface area (Å²) in [6.07, 6.45) is 1.11. The average molecular weight is 456 g/mol. The lowest BCUT2D eigenvalue weighted by molar-refractivity contribution is 0.397. The standard InChI is InChI=1S/C17H14F2N4O5S2/c1-28-17-9-16(20-10-21-17)23-29(24,25)13-5-3-12(4-6-13)22-30(26,27)15-7-2-11(18)8-14(15)19/h2-10,22H,1H3,(H,20,21,23). The van der Waals surface area contributed by atoms with E-state index in [0.717, 1.165) is 30.6 Å². The van der Waals surface area contributed by atoms with Gasteiger partial charge in [-0.3, -0.25) is 9.44 Å². The molecule has 0 bridgehead atoms. The predicted octanol–water partition coefficient (Wildman–Crippen LogP) is 2.37. The highest BCUT2D eigenvalue weighted by Gasteiger charge is 2.21. The van der Waals surface area contributed by atoms with Crippen LogP contribution in [0, 0.1) is 11.6 Å². The van der Waals surface area contributed by atoms with E-state index >= 15 is 0 Å². The number of methoxy groups -OCH3 is 1. The van der Waals surface area contributed by atoms with Crippen LogP contribution >= 0.6 is 0 Å². The molecule has 2 N–H and O–H groups in total. The van der Waals surface area contributed by atoms with Gasteiger partial charge in [-0.1, -0.05) is 0 Å². The molecule has 2 aromatic carbocycles. The second-order valence-corrected chi connectivity index (χ2v) is 9.09. The van der Waals surface area contributed by atoms with Gasteiger partial charge >= 0.3 is 0 Å². The van der Waals surface area contributed by atoms with Crippen LogP contribution in [0.3, 0.4) is 0 Å². The van der Waals surface area contributed by atoms with Crippen molar-refractivity contribution < 1.29 is 30.4 Å². The van der Waals surface area contributed by atoms with Crippen LogP contribution in [0.5, 0.6) is 5.88 Å². The maximum absolute atomic E-state index is 13.8. The Bertz CT molecular complexity index is 1280. The molecule has 0 saturated heterocycles. The molecule has 0 aliphatic heterocycles. The summed E-state index contributed by atoms with van der Waals surface area (Å²) in [6, 6.07) is 7.93. The third kappa shape index (κ3) is 4.80. The van der Waals surface area contributed by atoms with Crippen molar-refractivity contribution in [1.29, 1.82) is 0 Å². The first-order chi connectivity index (χ1) is 14.1. The van der Waals surface area contributed by atoms with Gasteiger partial charge in [-0.05, 0) is 36.4 Å². The fourth-order valence-corrected chi connectivity index (χ4v) is 4.43. The zero-order valence-corrected chi connectivity index (χ0v) is 16.8. The number of hydrogen-bond acceptors (Lipinski definition) is 7. The van der Waals surface area contributed by atoms with Crippen LogP contribution in [0.1, 0.15) is 0 Å². The predicted molar refractivity (Wildman–Crippen MR) is 103 cm³/mol. The minimum atomic E-state index is -4.35. The second kappa shape index (κ2) is 8.20. The van der Waals surface area contributed by atoms with Gasteiger partial charge in [0, 0.05) is 17.8 Å². The first kappa shape index (κ1) is 21.4. The quantitative estimate of drug-likeness (QED) is 0.559. The number of aromatic nitrogens is 2. The third-order valence-electron chi connectivity index (χ3n) is 3.69. The Morgan fingerprint density at radius 1 is 0.867 bits per heavy atom. The molecule has 1 heterocycles. The van der Waals surface area contributed by atoms with Crippen LogP contribution in [-0.4, -0.2) is 33.9 Å². The normalized spacial score (nSPS) is 11.7. The first-order valence-electron chi connectivity index (χ1n) is 8.07. The van der Waals surface area contributed by atoms with Crippen molar-refractivity contribution in [2.75, 3.05) is 16.6 Å². The van der Waals surface area contributed by atoms with Gasteiger partial charge in [-0.2, -0.15) is 0 Å². The molecule has 0 amide bonds. The molecule has 158 valence electrons. The molecule has 0 aliphatic rings. The van der Waals surface area contributed by atoms with Crippen LogP contribution in [-0.2, 0) is 20.0 Å². The van der Waals surface area contributed by atoms with E-state index in [1.807, 2.05) is 0 Å². The van der Waals surface area contributed by atoms with Crippen LogP contribution < -0.4 is 14.2 Å². The molecule has 0 aliphatic carbocycles. The summed E-state index contributed by atoms with van der Waals surface area (Å²) in [7, 11) is -7.03. The van der Waals surface area contributed by atoms with E-state index in [2.05, 4.69) is 19.4 Å². The topological polar surface area (TPSA) is 127 Å². The van der Waals surface area contributed by atoms with Gasteiger partial charge < -0.3 is 4.74 Å². The summed E-state index contributed by atoms with van der Waals surface area (Å²) < 4.78 is 85.5. The minimum absolute atomic E-state index is 0.0265. The van der Waals surface area contributed by atoms with Crippen LogP contribution in [0.4, 0.5) is 20.3 Å². The Labute approximate surface area is 170 Å². The Kier molecular flexibility index (Phi) is 5.85.